The van der Waals surface area contributed by atoms with E-state index in [1.54, 1.807) is 12.4 Å². The van der Waals surface area contributed by atoms with Gasteiger partial charge in [-0.3, -0.25) is 0 Å². The van der Waals surface area contributed by atoms with E-state index in [9.17, 15) is 0 Å². The molecular formula is C11H14ClN5. The molecule has 1 aliphatic rings. The van der Waals surface area contributed by atoms with Crippen molar-refractivity contribution in [3.63, 3.8) is 0 Å². The van der Waals surface area contributed by atoms with Gasteiger partial charge in [0, 0.05) is 44.8 Å². The molecule has 0 amide bonds. The zero-order chi connectivity index (χ0) is 11.8. The lowest BCUT2D eigenvalue weighted by Gasteiger charge is -2.33. The first-order valence-electron chi connectivity index (χ1n) is 5.67. The number of imidazole rings is 1. The van der Waals surface area contributed by atoms with E-state index in [0.29, 0.717) is 5.15 Å². The molecule has 5 nitrogen and oxygen atoms in total. The van der Waals surface area contributed by atoms with E-state index in [1.165, 1.54) is 0 Å². The average Bonchev–Trinajstić information content (AvgIpc) is 2.77. The van der Waals surface area contributed by atoms with Crippen LogP contribution in [-0.2, 0) is 0 Å². The van der Waals surface area contributed by atoms with Crippen LogP contribution in [0.5, 0.6) is 0 Å². The summed E-state index contributed by atoms with van der Waals surface area (Å²) in [6.07, 6.45) is 5.44. The number of piperazine rings is 1. The van der Waals surface area contributed by atoms with E-state index in [1.807, 2.05) is 10.6 Å². The second-order valence-corrected chi connectivity index (χ2v) is 4.72. The molecule has 1 saturated heterocycles. The van der Waals surface area contributed by atoms with Crippen LogP contribution in [0.25, 0.3) is 5.65 Å². The molecule has 0 unspecified atom stereocenters. The first-order valence-corrected chi connectivity index (χ1v) is 6.04. The zero-order valence-electron chi connectivity index (χ0n) is 9.67. The summed E-state index contributed by atoms with van der Waals surface area (Å²) in [6.45, 7) is 4.01. The van der Waals surface area contributed by atoms with Gasteiger partial charge in [-0.25, -0.2) is 9.97 Å². The summed E-state index contributed by atoms with van der Waals surface area (Å²) in [4.78, 5) is 13.3. The van der Waals surface area contributed by atoms with Gasteiger partial charge in [-0.1, -0.05) is 11.6 Å². The van der Waals surface area contributed by atoms with E-state index in [-0.39, 0.29) is 0 Å². The number of fused-ring (bicyclic) bond motifs is 1. The molecular weight excluding hydrogens is 238 g/mol. The molecule has 0 N–H and O–H groups in total. The number of hydrogen-bond acceptors (Lipinski definition) is 4. The van der Waals surface area contributed by atoms with Crippen molar-refractivity contribution >= 4 is 23.1 Å². The highest BCUT2D eigenvalue weighted by atomic mass is 35.5. The highest BCUT2D eigenvalue weighted by Gasteiger charge is 2.19. The SMILES string of the molecule is CN1CCN(c2nc(Cl)cn3ccnc23)CC1. The number of hydrogen-bond donors (Lipinski definition) is 0. The standard InChI is InChI=1S/C11H14ClN5/c1-15-4-6-16(7-5-15)11-10-13-2-3-17(10)8-9(12)14-11/h2-3,8H,4-7H2,1H3. The second kappa shape index (κ2) is 4.16. The van der Waals surface area contributed by atoms with Gasteiger partial charge in [-0.05, 0) is 7.05 Å². The Balaban J connectivity index is 2.01. The molecule has 6 heteroatoms. The summed E-state index contributed by atoms with van der Waals surface area (Å²) < 4.78 is 1.92. The molecule has 90 valence electrons. The maximum atomic E-state index is 6.03. The minimum absolute atomic E-state index is 0.504. The fourth-order valence-corrected chi connectivity index (χ4v) is 2.30. The van der Waals surface area contributed by atoms with Crippen LogP contribution in [0.15, 0.2) is 18.6 Å². The van der Waals surface area contributed by atoms with Crippen molar-refractivity contribution in [2.24, 2.45) is 0 Å². The van der Waals surface area contributed by atoms with Gasteiger partial charge in [0.05, 0.1) is 0 Å². The number of nitrogens with zero attached hydrogens (tertiary/aromatic N) is 5. The Hall–Kier alpha value is -1.33. The second-order valence-electron chi connectivity index (χ2n) is 4.34. The van der Waals surface area contributed by atoms with E-state index in [2.05, 4.69) is 26.8 Å². The Bertz CT molecular complexity index is 530. The molecule has 1 aliphatic heterocycles. The molecule has 0 bridgehead atoms. The molecule has 2 aromatic rings. The lowest BCUT2D eigenvalue weighted by molar-refractivity contribution is 0.312. The van der Waals surface area contributed by atoms with Crippen molar-refractivity contribution in [3.05, 3.63) is 23.7 Å². The summed E-state index contributed by atoms with van der Waals surface area (Å²) in [6, 6.07) is 0. The quantitative estimate of drug-likeness (QED) is 0.762. The summed E-state index contributed by atoms with van der Waals surface area (Å²) >= 11 is 6.03. The van der Waals surface area contributed by atoms with Gasteiger partial charge in [0.15, 0.2) is 11.5 Å². The third kappa shape index (κ3) is 1.96. The van der Waals surface area contributed by atoms with Crippen LogP contribution in [0.4, 0.5) is 5.82 Å². The van der Waals surface area contributed by atoms with Crippen LogP contribution in [0.3, 0.4) is 0 Å². The highest BCUT2D eigenvalue weighted by molar-refractivity contribution is 6.29. The van der Waals surface area contributed by atoms with Crippen molar-refractivity contribution in [2.45, 2.75) is 0 Å². The third-order valence-electron chi connectivity index (χ3n) is 3.13. The monoisotopic (exact) mass is 251 g/mol. The maximum Gasteiger partial charge on any atom is 0.180 e. The maximum absolute atomic E-state index is 6.03. The van der Waals surface area contributed by atoms with Crippen LogP contribution in [0.2, 0.25) is 5.15 Å². The number of likely N-dealkylation sites (N-methyl/N-ethyl adjacent to an activating group) is 1. The van der Waals surface area contributed by atoms with Gasteiger partial charge < -0.3 is 14.2 Å². The largest absolute Gasteiger partial charge is 0.351 e. The smallest absolute Gasteiger partial charge is 0.180 e. The fourth-order valence-electron chi connectivity index (χ4n) is 2.12. The molecule has 1 fully saturated rings. The number of halogens is 1. The number of anilines is 1. The lowest BCUT2D eigenvalue weighted by atomic mass is 10.3. The van der Waals surface area contributed by atoms with E-state index < -0.39 is 0 Å². The topological polar surface area (TPSA) is 36.7 Å². The van der Waals surface area contributed by atoms with Crippen molar-refractivity contribution in [1.82, 2.24) is 19.3 Å². The molecule has 3 rings (SSSR count). The Morgan fingerprint density at radius 1 is 1.24 bits per heavy atom. The first kappa shape index (κ1) is 10.8. The van der Waals surface area contributed by atoms with Gasteiger partial charge in [0.2, 0.25) is 0 Å². The molecule has 0 radical (unpaired) electrons. The molecule has 3 heterocycles. The normalized spacial score (nSPS) is 17.9. The first-order chi connectivity index (χ1) is 8.24. The Labute approximate surface area is 105 Å². The predicted octanol–water partition coefficient (Wildman–Crippen LogP) is 1.13. The van der Waals surface area contributed by atoms with Crippen LogP contribution in [0.1, 0.15) is 0 Å². The van der Waals surface area contributed by atoms with Crippen LogP contribution < -0.4 is 4.90 Å². The summed E-state index contributed by atoms with van der Waals surface area (Å²) in [5.41, 5.74) is 0.874. The summed E-state index contributed by atoms with van der Waals surface area (Å²) in [5.74, 6) is 0.885. The Morgan fingerprint density at radius 2 is 2.00 bits per heavy atom. The van der Waals surface area contributed by atoms with E-state index in [4.69, 9.17) is 11.6 Å². The van der Waals surface area contributed by atoms with Crippen LogP contribution in [0, 0.1) is 0 Å². The lowest BCUT2D eigenvalue weighted by Crippen LogP contribution is -2.45. The predicted molar refractivity (Wildman–Crippen MR) is 67.7 cm³/mol. The summed E-state index contributed by atoms with van der Waals surface area (Å²) in [5, 5.41) is 0.504. The minimum Gasteiger partial charge on any atom is -0.351 e. The number of aromatic nitrogens is 3. The van der Waals surface area contributed by atoms with Crippen molar-refractivity contribution in [3.8, 4) is 0 Å². The molecule has 0 atom stereocenters. The minimum atomic E-state index is 0.504. The molecule has 0 aromatic carbocycles. The van der Waals surface area contributed by atoms with Gasteiger partial charge >= 0.3 is 0 Å². The average molecular weight is 252 g/mol. The van der Waals surface area contributed by atoms with Gasteiger partial charge in [-0.2, -0.15) is 0 Å². The van der Waals surface area contributed by atoms with Crippen molar-refractivity contribution < 1.29 is 0 Å². The molecule has 2 aromatic heterocycles. The third-order valence-corrected chi connectivity index (χ3v) is 3.31. The van der Waals surface area contributed by atoms with Gasteiger partial charge in [-0.15, -0.1) is 0 Å². The number of rotatable bonds is 1. The van der Waals surface area contributed by atoms with Crippen LogP contribution in [-0.4, -0.2) is 52.5 Å². The van der Waals surface area contributed by atoms with Crippen molar-refractivity contribution in [2.75, 3.05) is 38.1 Å². The van der Waals surface area contributed by atoms with E-state index in [0.717, 1.165) is 37.6 Å². The molecule has 0 saturated carbocycles. The summed E-state index contributed by atoms with van der Waals surface area (Å²) in [7, 11) is 2.13. The molecule has 17 heavy (non-hydrogen) atoms. The van der Waals surface area contributed by atoms with Crippen LogP contribution >= 0.6 is 11.6 Å². The molecule has 0 spiro atoms. The van der Waals surface area contributed by atoms with Crippen molar-refractivity contribution in [1.29, 1.82) is 0 Å². The van der Waals surface area contributed by atoms with Gasteiger partial charge in [0.25, 0.3) is 0 Å². The van der Waals surface area contributed by atoms with E-state index >= 15 is 0 Å². The Kier molecular flexibility index (Phi) is 2.64. The Morgan fingerprint density at radius 3 is 2.76 bits per heavy atom. The fraction of sp³-hybridized carbons (Fsp3) is 0.455. The van der Waals surface area contributed by atoms with Gasteiger partial charge in [0.1, 0.15) is 5.15 Å². The highest BCUT2D eigenvalue weighted by Crippen LogP contribution is 2.21. The zero-order valence-corrected chi connectivity index (χ0v) is 10.4. The molecule has 0 aliphatic carbocycles.